The number of benzene rings is 1. The Labute approximate surface area is 153 Å². The summed E-state index contributed by atoms with van der Waals surface area (Å²) in [5, 5.41) is 5.08. The van der Waals surface area contributed by atoms with Crippen molar-refractivity contribution in [3.63, 3.8) is 0 Å². The molecule has 0 amide bonds. The lowest BCUT2D eigenvalue weighted by atomic mass is 10.1. The molecule has 1 N–H and O–H groups in total. The van der Waals surface area contributed by atoms with Crippen LogP contribution in [0.25, 0.3) is 16.9 Å². The number of fused-ring (bicyclic) bond motifs is 1. The summed E-state index contributed by atoms with van der Waals surface area (Å²) in [6, 6.07) is 5.00. The fourth-order valence-corrected chi connectivity index (χ4v) is 2.58. The molecule has 0 fully saturated rings. The molecule has 25 heavy (non-hydrogen) atoms. The van der Waals surface area contributed by atoms with E-state index < -0.39 is 0 Å². The van der Waals surface area contributed by atoms with Gasteiger partial charge in [0.2, 0.25) is 5.78 Å². The smallest absolute Gasteiger partial charge is 0.271 e. The molecule has 0 saturated carbocycles. The van der Waals surface area contributed by atoms with Gasteiger partial charge in [-0.2, -0.15) is 4.98 Å². The molecule has 3 aromatic rings. The van der Waals surface area contributed by atoms with Crippen LogP contribution in [0.3, 0.4) is 0 Å². The van der Waals surface area contributed by atoms with Gasteiger partial charge >= 0.3 is 0 Å². The standard InChI is InChI=1S/C16H16Cl2N6O/c1-3-23(4-2)9-19-15-21-16-20-14(25)11(8-24(16)22-15)10-5-6-12(17)13(18)7-10/h5-9H,3-4H2,1-2H3,(H,20,21,22,25). The van der Waals surface area contributed by atoms with E-state index in [-0.39, 0.29) is 11.5 Å². The molecule has 0 aliphatic rings. The highest BCUT2D eigenvalue weighted by Crippen LogP contribution is 2.27. The second-order valence-electron chi connectivity index (χ2n) is 5.27. The second kappa shape index (κ2) is 7.25. The second-order valence-corrected chi connectivity index (χ2v) is 6.09. The lowest BCUT2D eigenvalue weighted by Crippen LogP contribution is -2.20. The predicted molar refractivity (Wildman–Crippen MR) is 100 cm³/mol. The number of aromatic nitrogens is 4. The van der Waals surface area contributed by atoms with Gasteiger partial charge in [0.15, 0.2) is 0 Å². The topological polar surface area (TPSA) is 78.7 Å². The highest BCUT2D eigenvalue weighted by atomic mass is 35.5. The largest absolute Gasteiger partial charge is 0.363 e. The van der Waals surface area contributed by atoms with Gasteiger partial charge in [0.05, 0.1) is 21.9 Å². The quantitative estimate of drug-likeness (QED) is 0.545. The lowest BCUT2D eigenvalue weighted by Gasteiger charge is -2.12. The van der Waals surface area contributed by atoms with Crippen LogP contribution in [0.15, 0.2) is 34.2 Å². The van der Waals surface area contributed by atoms with E-state index in [1.165, 1.54) is 4.52 Å². The van der Waals surface area contributed by atoms with Gasteiger partial charge in [0, 0.05) is 19.3 Å². The van der Waals surface area contributed by atoms with E-state index in [0.717, 1.165) is 13.1 Å². The Morgan fingerprint density at radius 3 is 2.72 bits per heavy atom. The summed E-state index contributed by atoms with van der Waals surface area (Å²) in [6.07, 6.45) is 3.28. The van der Waals surface area contributed by atoms with E-state index in [9.17, 15) is 4.79 Å². The zero-order valence-corrected chi connectivity index (χ0v) is 15.2. The molecular weight excluding hydrogens is 363 g/mol. The number of nitrogens with one attached hydrogen (secondary N) is 1. The molecule has 0 spiro atoms. The van der Waals surface area contributed by atoms with Gasteiger partial charge in [-0.25, -0.2) is 9.51 Å². The number of aliphatic imine (C=N–C) groups is 1. The molecule has 0 unspecified atom stereocenters. The Bertz CT molecular complexity index is 990. The fourth-order valence-electron chi connectivity index (χ4n) is 2.28. The van der Waals surface area contributed by atoms with Crippen LogP contribution in [-0.2, 0) is 0 Å². The number of rotatable bonds is 5. The Morgan fingerprint density at radius 1 is 1.28 bits per heavy atom. The number of hydrogen-bond acceptors (Lipinski definition) is 4. The van der Waals surface area contributed by atoms with Crippen molar-refractivity contribution in [3.05, 3.63) is 44.8 Å². The van der Waals surface area contributed by atoms with Crippen molar-refractivity contribution in [2.24, 2.45) is 4.99 Å². The van der Waals surface area contributed by atoms with Gasteiger partial charge in [-0.05, 0) is 31.5 Å². The number of H-pyrrole nitrogens is 1. The highest BCUT2D eigenvalue weighted by Gasteiger charge is 2.10. The van der Waals surface area contributed by atoms with Crippen LogP contribution in [-0.4, -0.2) is 43.9 Å². The first-order chi connectivity index (χ1) is 12.0. The van der Waals surface area contributed by atoms with Gasteiger partial charge in [-0.1, -0.05) is 29.3 Å². The van der Waals surface area contributed by atoms with E-state index in [1.54, 1.807) is 30.7 Å². The van der Waals surface area contributed by atoms with Crippen LogP contribution >= 0.6 is 23.2 Å². The van der Waals surface area contributed by atoms with Crippen LogP contribution in [0.1, 0.15) is 13.8 Å². The molecule has 2 heterocycles. The third-order valence-corrected chi connectivity index (χ3v) is 4.46. The van der Waals surface area contributed by atoms with Crippen LogP contribution in [0.2, 0.25) is 10.0 Å². The summed E-state index contributed by atoms with van der Waals surface area (Å²) in [4.78, 5) is 25.5. The van der Waals surface area contributed by atoms with Gasteiger partial charge in [-0.15, -0.1) is 5.10 Å². The van der Waals surface area contributed by atoms with Crippen molar-refractivity contribution in [1.29, 1.82) is 0 Å². The van der Waals surface area contributed by atoms with Crippen molar-refractivity contribution >= 4 is 41.3 Å². The minimum Gasteiger partial charge on any atom is -0.363 e. The average molecular weight is 379 g/mol. The van der Waals surface area contributed by atoms with Crippen molar-refractivity contribution < 1.29 is 0 Å². The average Bonchev–Trinajstić information content (AvgIpc) is 2.99. The monoisotopic (exact) mass is 378 g/mol. The molecule has 1 aromatic carbocycles. The zero-order chi connectivity index (χ0) is 18.0. The molecule has 0 atom stereocenters. The number of halogens is 2. The van der Waals surface area contributed by atoms with E-state index in [2.05, 4.69) is 20.1 Å². The first-order valence-corrected chi connectivity index (χ1v) is 8.50. The molecule has 2 aromatic heterocycles. The summed E-state index contributed by atoms with van der Waals surface area (Å²) >= 11 is 12.0. The maximum absolute atomic E-state index is 12.3. The minimum atomic E-state index is -0.294. The fraction of sp³-hybridized carbons (Fsp3) is 0.250. The molecular formula is C16H16Cl2N6O. The normalized spacial score (nSPS) is 11.5. The Kier molecular flexibility index (Phi) is 5.06. The van der Waals surface area contributed by atoms with E-state index in [4.69, 9.17) is 23.2 Å². The Balaban J connectivity index is 2.01. The van der Waals surface area contributed by atoms with E-state index in [0.29, 0.717) is 26.9 Å². The van der Waals surface area contributed by atoms with Crippen molar-refractivity contribution in [3.8, 4) is 11.1 Å². The summed E-state index contributed by atoms with van der Waals surface area (Å²) < 4.78 is 1.48. The first kappa shape index (κ1) is 17.4. The molecule has 0 aliphatic carbocycles. The number of aromatic amines is 1. The minimum absolute atomic E-state index is 0.272. The van der Waals surface area contributed by atoms with Crippen LogP contribution in [0.5, 0.6) is 0 Å². The Hall–Kier alpha value is -2.38. The van der Waals surface area contributed by atoms with Crippen molar-refractivity contribution in [2.45, 2.75) is 13.8 Å². The van der Waals surface area contributed by atoms with Crippen molar-refractivity contribution in [1.82, 2.24) is 24.5 Å². The predicted octanol–water partition coefficient (Wildman–Crippen LogP) is 3.39. The van der Waals surface area contributed by atoms with Crippen LogP contribution in [0, 0.1) is 0 Å². The maximum atomic E-state index is 12.3. The van der Waals surface area contributed by atoms with Gasteiger partial charge < -0.3 is 4.90 Å². The number of nitrogens with zero attached hydrogens (tertiary/aromatic N) is 5. The molecule has 0 radical (unpaired) electrons. The SMILES string of the molecule is CCN(C=Nc1nc2[nH]c(=O)c(-c3ccc(Cl)c(Cl)c3)cn2n1)CC. The van der Waals surface area contributed by atoms with Gasteiger partial charge in [0.25, 0.3) is 11.5 Å². The first-order valence-electron chi connectivity index (χ1n) is 7.75. The van der Waals surface area contributed by atoms with Gasteiger partial charge in [0.1, 0.15) is 0 Å². The molecule has 0 aliphatic heterocycles. The third kappa shape index (κ3) is 3.67. The maximum Gasteiger partial charge on any atom is 0.271 e. The molecule has 130 valence electrons. The van der Waals surface area contributed by atoms with Gasteiger partial charge in [-0.3, -0.25) is 9.78 Å². The summed E-state index contributed by atoms with van der Waals surface area (Å²) in [6.45, 7) is 5.75. The lowest BCUT2D eigenvalue weighted by molar-refractivity contribution is 0.479. The zero-order valence-electron chi connectivity index (χ0n) is 13.7. The molecule has 0 saturated heterocycles. The summed E-state index contributed by atoms with van der Waals surface area (Å²) in [5.74, 6) is 0.592. The third-order valence-electron chi connectivity index (χ3n) is 3.72. The van der Waals surface area contributed by atoms with Crippen molar-refractivity contribution in [2.75, 3.05) is 13.1 Å². The molecule has 0 bridgehead atoms. The summed E-state index contributed by atoms with van der Waals surface area (Å²) in [5.41, 5.74) is 0.758. The van der Waals surface area contributed by atoms with Crippen LogP contribution in [0.4, 0.5) is 5.95 Å². The Morgan fingerprint density at radius 2 is 2.04 bits per heavy atom. The molecule has 3 rings (SSSR count). The van der Waals surface area contributed by atoms with E-state index in [1.807, 2.05) is 18.7 Å². The molecule has 7 nitrogen and oxygen atoms in total. The van der Waals surface area contributed by atoms with Crippen LogP contribution < -0.4 is 5.56 Å². The van der Waals surface area contributed by atoms with E-state index >= 15 is 0 Å². The summed E-state index contributed by atoms with van der Waals surface area (Å²) in [7, 11) is 0. The number of hydrogen-bond donors (Lipinski definition) is 1. The molecule has 9 heteroatoms. The highest BCUT2D eigenvalue weighted by molar-refractivity contribution is 6.42.